The van der Waals surface area contributed by atoms with Gasteiger partial charge in [-0.2, -0.15) is 0 Å². The summed E-state index contributed by atoms with van der Waals surface area (Å²) in [5.41, 5.74) is 3.76. The Morgan fingerprint density at radius 1 is 1.10 bits per heavy atom. The van der Waals surface area contributed by atoms with Crippen molar-refractivity contribution in [3.8, 4) is 5.75 Å². The summed E-state index contributed by atoms with van der Waals surface area (Å²) < 4.78 is 5.78. The third-order valence-electron chi connectivity index (χ3n) is 3.40. The maximum Gasteiger partial charge on any atom is 0.335 e. The van der Waals surface area contributed by atoms with E-state index in [2.05, 4.69) is 13.0 Å². The molecule has 2 rings (SSSR count). The molecule has 104 valence electrons. The van der Waals surface area contributed by atoms with E-state index in [0.717, 1.165) is 23.3 Å². The first-order valence-electron chi connectivity index (χ1n) is 6.59. The minimum atomic E-state index is -0.900. The van der Waals surface area contributed by atoms with Gasteiger partial charge in [-0.25, -0.2) is 4.79 Å². The molecule has 2 aromatic carbocycles. The van der Waals surface area contributed by atoms with Gasteiger partial charge in [0.2, 0.25) is 0 Å². The van der Waals surface area contributed by atoms with Crippen LogP contribution in [0.15, 0.2) is 42.5 Å². The summed E-state index contributed by atoms with van der Waals surface area (Å²) in [7, 11) is 0. The summed E-state index contributed by atoms with van der Waals surface area (Å²) in [5.74, 6) is 0.00958. The lowest BCUT2D eigenvalue weighted by atomic mass is 10.1. The van der Waals surface area contributed by atoms with Crippen LogP contribution in [0, 0.1) is 13.8 Å². The van der Waals surface area contributed by atoms with Gasteiger partial charge in [0.25, 0.3) is 0 Å². The molecule has 2 aromatic rings. The largest absolute Gasteiger partial charge is 0.493 e. The van der Waals surface area contributed by atoms with Crippen LogP contribution in [0.1, 0.15) is 27.0 Å². The Morgan fingerprint density at radius 3 is 2.45 bits per heavy atom. The molecule has 0 aliphatic heterocycles. The molecule has 0 atom stereocenters. The van der Waals surface area contributed by atoms with Gasteiger partial charge in [0.05, 0.1) is 12.2 Å². The first-order chi connectivity index (χ1) is 9.58. The van der Waals surface area contributed by atoms with Gasteiger partial charge in [-0.05, 0) is 48.7 Å². The number of benzene rings is 2. The van der Waals surface area contributed by atoms with E-state index in [1.54, 1.807) is 12.1 Å². The third kappa shape index (κ3) is 3.38. The fourth-order valence-electron chi connectivity index (χ4n) is 1.97. The maximum absolute atomic E-state index is 10.8. The molecule has 0 aliphatic rings. The van der Waals surface area contributed by atoms with Crippen LogP contribution in [0.5, 0.6) is 5.75 Å². The zero-order valence-electron chi connectivity index (χ0n) is 11.7. The first kappa shape index (κ1) is 14.1. The highest BCUT2D eigenvalue weighted by molar-refractivity contribution is 5.87. The van der Waals surface area contributed by atoms with Crippen LogP contribution in [0.25, 0.3) is 0 Å². The molecule has 1 N–H and O–H groups in total. The predicted molar refractivity (Wildman–Crippen MR) is 78.5 cm³/mol. The van der Waals surface area contributed by atoms with Crippen LogP contribution in [0.3, 0.4) is 0 Å². The van der Waals surface area contributed by atoms with E-state index in [1.165, 1.54) is 5.56 Å². The number of aromatic carboxylic acids is 1. The molecule has 0 aromatic heterocycles. The summed E-state index contributed by atoms with van der Waals surface area (Å²) in [4.78, 5) is 10.8. The number of carboxylic acid groups (broad SMARTS) is 1. The number of hydrogen-bond donors (Lipinski definition) is 1. The Hall–Kier alpha value is -2.29. The van der Waals surface area contributed by atoms with Crippen LogP contribution >= 0.6 is 0 Å². The zero-order chi connectivity index (χ0) is 14.5. The van der Waals surface area contributed by atoms with Crippen LogP contribution in [-0.2, 0) is 6.42 Å². The molecule has 0 unspecified atom stereocenters. The average molecular weight is 270 g/mol. The zero-order valence-corrected chi connectivity index (χ0v) is 11.7. The summed E-state index contributed by atoms with van der Waals surface area (Å²) in [5, 5.41) is 8.83. The van der Waals surface area contributed by atoms with E-state index in [1.807, 2.05) is 31.2 Å². The van der Waals surface area contributed by atoms with E-state index in [9.17, 15) is 4.79 Å². The number of carboxylic acids is 1. The molecular weight excluding hydrogens is 252 g/mol. The van der Waals surface area contributed by atoms with E-state index >= 15 is 0 Å². The molecule has 0 fully saturated rings. The molecule has 0 radical (unpaired) electrons. The smallest absolute Gasteiger partial charge is 0.335 e. The number of aryl methyl sites for hydroxylation is 1. The minimum absolute atomic E-state index is 0.309. The Balaban J connectivity index is 1.92. The normalized spacial score (nSPS) is 10.3. The number of ether oxygens (including phenoxy) is 1. The third-order valence-corrected chi connectivity index (χ3v) is 3.40. The molecule has 0 bridgehead atoms. The molecular formula is C17H18O3. The topological polar surface area (TPSA) is 46.5 Å². The molecule has 20 heavy (non-hydrogen) atoms. The first-order valence-corrected chi connectivity index (χ1v) is 6.59. The van der Waals surface area contributed by atoms with Crippen molar-refractivity contribution in [2.75, 3.05) is 6.61 Å². The Morgan fingerprint density at radius 2 is 1.80 bits per heavy atom. The molecule has 0 saturated heterocycles. The van der Waals surface area contributed by atoms with E-state index in [4.69, 9.17) is 9.84 Å². The van der Waals surface area contributed by atoms with Crippen molar-refractivity contribution in [2.24, 2.45) is 0 Å². The lowest BCUT2D eigenvalue weighted by Crippen LogP contribution is -2.03. The summed E-state index contributed by atoms with van der Waals surface area (Å²) in [6.07, 6.45) is 0.757. The van der Waals surface area contributed by atoms with Gasteiger partial charge in [0.15, 0.2) is 0 Å². The quantitative estimate of drug-likeness (QED) is 0.902. The van der Waals surface area contributed by atoms with Gasteiger partial charge in [0.1, 0.15) is 5.75 Å². The van der Waals surface area contributed by atoms with Crippen molar-refractivity contribution in [1.82, 2.24) is 0 Å². The van der Waals surface area contributed by atoms with Crippen molar-refractivity contribution in [2.45, 2.75) is 20.3 Å². The van der Waals surface area contributed by atoms with Gasteiger partial charge < -0.3 is 9.84 Å². The van der Waals surface area contributed by atoms with Gasteiger partial charge >= 0.3 is 5.97 Å². The maximum atomic E-state index is 10.8. The van der Waals surface area contributed by atoms with Crippen molar-refractivity contribution >= 4 is 5.97 Å². The van der Waals surface area contributed by atoms with Gasteiger partial charge in [0, 0.05) is 6.42 Å². The molecule has 0 spiro atoms. The molecule has 0 saturated carbocycles. The SMILES string of the molecule is Cc1cccc(OCCc2ccc(C(=O)O)cc2)c1C. The number of rotatable bonds is 5. The lowest BCUT2D eigenvalue weighted by molar-refractivity contribution is 0.0697. The second-order valence-corrected chi connectivity index (χ2v) is 4.80. The Bertz CT molecular complexity index is 600. The van der Waals surface area contributed by atoms with E-state index < -0.39 is 5.97 Å². The fourth-order valence-corrected chi connectivity index (χ4v) is 1.97. The molecule has 0 amide bonds. The van der Waals surface area contributed by atoms with Gasteiger partial charge in [-0.3, -0.25) is 0 Å². The van der Waals surface area contributed by atoms with Crippen LogP contribution in [-0.4, -0.2) is 17.7 Å². The monoisotopic (exact) mass is 270 g/mol. The molecule has 3 nitrogen and oxygen atoms in total. The van der Waals surface area contributed by atoms with Crippen molar-refractivity contribution in [3.63, 3.8) is 0 Å². The molecule has 0 heterocycles. The Labute approximate surface area is 118 Å². The summed E-state index contributed by atoms with van der Waals surface area (Å²) in [6.45, 7) is 4.69. The van der Waals surface area contributed by atoms with Crippen LogP contribution < -0.4 is 4.74 Å². The molecule has 0 aliphatic carbocycles. The van der Waals surface area contributed by atoms with E-state index in [-0.39, 0.29) is 0 Å². The number of hydrogen-bond acceptors (Lipinski definition) is 2. The van der Waals surface area contributed by atoms with E-state index in [0.29, 0.717) is 12.2 Å². The van der Waals surface area contributed by atoms with Gasteiger partial charge in [-0.1, -0.05) is 24.3 Å². The second kappa shape index (κ2) is 6.24. The minimum Gasteiger partial charge on any atom is -0.493 e. The van der Waals surface area contributed by atoms with Crippen molar-refractivity contribution in [3.05, 3.63) is 64.7 Å². The second-order valence-electron chi connectivity index (χ2n) is 4.80. The predicted octanol–water partition coefficient (Wildman–Crippen LogP) is 3.62. The molecule has 3 heteroatoms. The number of carbonyl (C=O) groups is 1. The summed E-state index contributed by atoms with van der Waals surface area (Å²) in [6, 6.07) is 12.9. The summed E-state index contributed by atoms with van der Waals surface area (Å²) >= 11 is 0. The van der Waals surface area contributed by atoms with Crippen molar-refractivity contribution in [1.29, 1.82) is 0 Å². The highest BCUT2D eigenvalue weighted by Crippen LogP contribution is 2.20. The van der Waals surface area contributed by atoms with Gasteiger partial charge in [-0.15, -0.1) is 0 Å². The fraction of sp³-hybridized carbons (Fsp3) is 0.235. The highest BCUT2D eigenvalue weighted by atomic mass is 16.5. The average Bonchev–Trinajstić information content (AvgIpc) is 2.44. The van der Waals surface area contributed by atoms with Crippen LogP contribution in [0.4, 0.5) is 0 Å². The Kier molecular flexibility index (Phi) is 4.41. The van der Waals surface area contributed by atoms with Crippen LogP contribution in [0.2, 0.25) is 0 Å². The lowest BCUT2D eigenvalue weighted by Gasteiger charge is -2.10. The standard InChI is InChI=1S/C17H18O3/c1-12-4-3-5-16(13(12)2)20-11-10-14-6-8-15(9-7-14)17(18)19/h3-9H,10-11H2,1-2H3,(H,18,19). The van der Waals surface area contributed by atoms with Crippen molar-refractivity contribution < 1.29 is 14.6 Å². The highest BCUT2D eigenvalue weighted by Gasteiger charge is 2.03.